The van der Waals surface area contributed by atoms with Crippen LogP contribution in [-0.4, -0.2) is 47.3 Å². The standard InChI is InChI=1S/C18H17F4N3O2/c1-9-4-11(18(20,21)22)6-15(26)16(9)13-5-10-2-3-25(17(10)24-23-13)14-8-27-7-12(14)19/h4-6,12,14,26H,2-3,7-8H2,1H3/t12-,14+/m0/s1. The molecule has 1 N–H and O–H groups in total. The molecule has 0 bridgehead atoms. The van der Waals surface area contributed by atoms with Gasteiger partial charge in [0, 0.05) is 17.7 Å². The third-order valence-corrected chi connectivity index (χ3v) is 5.03. The van der Waals surface area contributed by atoms with E-state index < -0.39 is 29.7 Å². The fourth-order valence-electron chi connectivity index (χ4n) is 3.71. The highest BCUT2D eigenvalue weighted by atomic mass is 19.4. The van der Waals surface area contributed by atoms with Crippen LogP contribution in [0.25, 0.3) is 11.3 Å². The summed E-state index contributed by atoms with van der Waals surface area (Å²) in [5.41, 5.74) is 0.650. The number of nitrogens with zero attached hydrogens (tertiary/aromatic N) is 3. The number of aromatic nitrogens is 2. The van der Waals surface area contributed by atoms with Crippen LogP contribution in [-0.2, 0) is 17.3 Å². The maximum atomic E-state index is 14.0. The normalized spacial score (nSPS) is 22.3. The van der Waals surface area contributed by atoms with Crippen LogP contribution in [0.1, 0.15) is 16.7 Å². The van der Waals surface area contributed by atoms with Gasteiger partial charge in [0.1, 0.15) is 11.9 Å². The number of phenolic OH excluding ortho intramolecular Hbond substituents is 1. The first-order valence-corrected chi connectivity index (χ1v) is 8.52. The van der Waals surface area contributed by atoms with Crippen LogP contribution in [0.5, 0.6) is 5.75 Å². The highest BCUT2D eigenvalue weighted by molar-refractivity contribution is 5.73. The number of benzene rings is 1. The lowest BCUT2D eigenvalue weighted by molar-refractivity contribution is -0.137. The molecule has 0 radical (unpaired) electrons. The molecule has 0 saturated carbocycles. The first kappa shape index (κ1) is 18.0. The van der Waals surface area contributed by atoms with Gasteiger partial charge in [-0.2, -0.15) is 13.2 Å². The third-order valence-electron chi connectivity index (χ3n) is 5.03. The average Bonchev–Trinajstić information content (AvgIpc) is 3.18. The molecule has 27 heavy (non-hydrogen) atoms. The number of aryl methyl sites for hydroxylation is 1. The molecule has 0 amide bonds. The summed E-state index contributed by atoms with van der Waals surface area (Å²) in [6.45, 7) is 2.39. The van der Waals surface area contributed by atoms with E-state index in [0.29, 0.717) is 30.5 Å². The third kappa shape index (κ3) is 3.09. The maximum absolute atomic E-state index is 14.0. The Morgan fingerprint density at radius 1 is 1.19 bits per heavy atom. The van der Waals surface area contributed by atoms with Gasteiger partial charge in [-0.05, 0) is 37.1 Å². The molecule has 1 aromatic heterocycles. The van der Waals surface area contributed by atoms with Crippen LogP contribution >= 0.6 is 0 Å². The number of halogens is 4. The lowest BCUT2D eigenvalue weighted by atomic mass is 9.99. The van der Waals surface area contributed by atoms with Gasteiger partial charge < -0.3 is 14.7 Å². The number of rotatable bonds is 2. The van der Waals surface area contributed by atoms with Gasteiger partial charge in [0.15, 0.2) is 5.82 Å². The average molecular weight is 383 g/mol. The van der Waals surface area contributed by atoms with E-state index in [9.17, 15) is 22.7 Å². The molecule has 2 aromatic rings. The Bertz CT molecular complexity index is 864. The molecule has 3 heterocycles. The summed E-state index contributed by atoms with van der Waals surface area (Å²) in [6.07, 6.45) is -5.03. The van der Waals surface area contributed by atoms with Gasteiger partial charge in [0.05, 0.1) is 30.5 Å². The molecule has 0 aliphatic carbocycles. The number of phenols is 1. The smallest absolute Gasteiger partial charge is 0.416 e. The van der Waals surface area contributed by atoms with Crippen LogP contribution < -0.4 is 4.90 Å². The number of hydrogen-bond acceptors (Lipinski definition) is 5. The van der Waals surface area contributed by atoms with Crippen molar-refractivity contribution in [3.05, 3.63) is 34.9 Å². The molecule has 0 spiro atoms. The minimum Gasteiger partial charge on any atom is -0.507 e. The molecule has 5 nitrogen and oxygen atoms in total. The summed E-state index contributed by atoms with van der Waals surface area (Å²) < 4.78 is 57.8. The van der Waals surface area contributed by atoms with Gasteiger partial charge in [-0.25, -0.2) is 4.39 Å². The van der Waals surface area contributed by atoms with E-state index in [1.807, 2.05) is 4.90 Å². The van der Waals surface area contributed by atoms with Crippen LogP contribution in [0.2, 0.25) is 0 Å². The number of alkyl halides is 4. The first-order chi connectivity index (χ1) is 12.8. The Kier molecular flexibility index (Phi) is 4.21. The summed E-state index contributed by atoms with van der Waals surface area (Å²) in [5, 5.41) is 18.4. The second-order valence-corrected chi connectivity index (χ2v) is 6.83. The number of fused-ring (bicyclic) bond motifs is 1. The quantitative estimate of drug-likeness (QED) is 0.807. The van der Waals surface area contributed by atoms with Crippen molar-refractivity contribution in [3.8, 4) is 17.0 Å². The molecule has 1 saturated heterocycles. The van der Waals surface area contributed by atoms with Gasteiger partial charge in [-0.3, -0.25) is 0 Å². The molecule has 2 atom stereocenters. The Hall–Kier alpha value is -2.42. The number of anilines is 1. The van der Waals surface area contributed by atoms with Gasteiger partial charge in [0.2, 0.25) is 0 Å². The number of aromatic hydroxyl groups is 1. The Morgan fingerprint density at radius 3 is 2.59 bits per heavy atom. The first-order valence-electron chi connectivity index (χ1n) is 8.52. The number of hydrogen-bond donors (Lipinski definition) is 1. The molecule has 1 fully saturated rings. The topological polar surface area (TPSA) is 58.5 Å². The molecular formula is C18H17F4N3O2. The monoisotopic (exact) mass is 383 g/mol. The Labute approximate surface area is 152 Å². The van der Waals surface area contributed by atoms with Crippen molar-refractivity contribution in [2.45, 2.75) is 31.7 Å². The van der Waals surface area contributed by atoms with Gasteiger partial charge in [0.25, 0.3) is 0 Å². The fraction of sp³-hybridized carbons (Fsp3) is 0.444. The summed E-state index contributed by atoms with van der Waals surface area (Å²) >= 11 is 0. The maximum Gasteiger partial charge on any atom is 0.416 e. The van der Waals surface area contributed by atoms with Gasteiger partial charge in [-0.1, -0.05) is 0 Å². The zero-order chi connectivity index (χ0) is 19.3. The minimum atomic E-state index is -4.54. The second kappa shape index (κ2) is 6.33. The van der Waals surface area contributed by atoms with Crippen molar-refractivity contribution < 1.29 is 27.4 Å². The minimum absolute atomic E-state index is 0.0562. The lowest BCUT2D eigenvalue weighted by Crippen LogP contribution is -2.40. The van der Waals surface area contributed by atoms with E-state index in [1.54, 1.807) is 6.07 Å². The van der Waals surface area contributed by atoms with Gasteiger partial charge >= 0.3 is 6.18 Å². The summed E-state index contributed by atoms with van der Waals surface area (Å²) in [5.74, 6) is 0.0559. The predicted molar refractivity (Wildman–Crippen MR) is 89.4 cm³/mol. The predicted octanol–water partition coefficient (Wildman–Crippen LogP) is 3.28. The van der Waals surface area contributed by atoms with Crippen molar-refractivity contribution in [3.63, 3.8) is 0 Å². The lowest BCUT2D eigenvalue weighted by Gasteiger charge is -2.25. The SMILES string of the molecule is Cc1cc(C(F)(F)F)cc(O)c1-c1cc2c(nn1)N([C@@H]1COC[C@@H]1F)CC2. The summed E-state index contributed by atoms with van der Waals surface area (Å²) in [7, 11) is 0. The van der Waals surface area contributed by atoms with E-state index in [-0.39, 0.29) is 24.3 Å². The molecule has 2 aliphatic heterocycles. The van der Waals surface area contributed by atoms with Crippen molar-refractivity contribution in [1.82, 2.24) is 10.2 Å². The molecular weight excluding hydrogens is 366 g/mol. The van der Waals surface area contributed by atoms with Crippen LogP contribution in [0.3, 0.4) is 0 Å². The van der Waals surface area contributed by atoms with E-state index >= 15 is 0 Å². The van der Waals surface area contributed by atoms with Crippen molar-refractivity contribution in [2.24, 2.45) is 0 Å². The molecule has 0 unspecified atom stereocenters. The fourth-order valence-corrected chi connectivity index (χ4v) is 3.71. The van der Waals surface area contributed by atoms with Crippen LogP contribution in [0.4, 0.5) is 23.4 Å². The molecule has 1 aromatic carbocycles. The van der Waals surface area contributed by atoms with Crippen molar-refractivity contribution in [1.29, 1.82) is 0 Å². The van der Waals surface area contributed by atoms with E-state index in [2.05, 4.69) is 10.2 Å². The van der Waals surface area contributed by atoms with E-state index in [0.717, 1.165) is 11.6 Å². The summed E-state index contributed by atoms with van der Waals surface area (Å²) in [4.78, 5) is 1.82. The largest absolute Gasteiger partial charge is 0.507 e. The van der Waals surface area contributed by atoms with E-state index in [1.165, 1.54) is 6.92 Å². The molecule has 4 rings (SSSR count). The van der Waals surface area contributed by atoms with Gasteiger partial charge in [-0.15, -0.1) is 10.2 Å². The van der Waals surface area contributed by atoms with Crippen LogP contribution in [0.15, 0.2) is 18.2 Å². The Morgan fingerprint density at radius 2 is 1.96 bits per heavy atom. The van der Waals surface area contributed by atoms with Crippen LogP contribution in [0, 0.1) is 6.92 Å². The summed E-state index contributed by atoms with van der Waals surface area (Å²) in [6, 6.07) is 2.95. The number of ether oxygens (including phenoxy) is 1. The highest BCUT2D eigenvalue weighted by Gasteiger charge is 2.38. The highest BCUT2D eigenvalue weighted by Crippen LogP contribution is 2.40. The van der Waals surface area contributed by atoms with E-state index in [4.69, 9.17) is 4.74 Å². The van der Waals surface area contributed by atoms with Crippen molar-refractivity contribution in [2.75, 3.05) is 24.7 Å². The molecule has 2 aliphatic rings. The second-order valence-electron chi connectivity index (χ2n) is 6.83. The Balaban J connectivity index is 1.69. The van der Waals surface area contributed by atoms with Crippen molar-refractivity contribution >= 4 is 5.82 Å². The molecule has 144 valence electrons. The zero-order valence-electron chi connectivity index (χ0n) is 14.4. The zero-order valence-corrected chi connectivity index (χ0v) is 14.4. The molecule has 9 heteroatoms.